The number of ether oxygens (including phenoxy) is 3. The number of carbonyl (C=O) groups excluding carboxylic acids is 1. The maximum atomic E-state index is 15.6. The van der Waals surface area contributed by atoms with Crippen LogP contribution in [0.25, 0.3) is 11.1 Å². The number of carboxylic acid groups (broad SMARTS) is 1. The van der Waals surface area contributed by atoms with Gasteiger partial charge in [-0.3, -0.25) is 4.79 Å². The third-order valence-corrected chi connectivity index (χ3v) is 7.85. The second kappa shape index (κ2) is 11.0. The van der Waals surface area contributed by atoms with Gasteiger partial charge in [-0.25, -0.2) is 13.6 Å². The molecule has 0 saturated heterocycles. The summed E-state index contributed by atoms with van der Waals surface area (Å²) in [5, 5.41) is 10.4. The quantitative estimate of drug-likeness (QED) is 0.349. The molecule has 1 N–H and O–H groups in total. The van der Waals surface area contributed by atoms with Crippen LogP contribution >= 0.6 is 0 Å². The highest BCUT2D eigenvalue weighted by Crippen LogP contribution is 2.48. The molecule has 0 bridgehead atoms. The molecule has 3 aromatic carbocycles. The van der Waals surface area contributed by atoms with E-state index < -0.39 is 35.2 Å². The number of fused-ring (bicyclic) bond motifs is 2. The van der Waals surface area contributed by atoms with E-state index in [0.29, 0.717) is 58.7 Å². The predicted molar refractivity (Wildman–Crippen MR) is 155 cm³/mol. The number of rotatable bonds is 6. The average Bonchev–Trinajstić information content (AvgIpc) is 3.35. The summed E-state index contributed by atoms with van der Waals surface area (Å²) in [5.74, 6) is -2.43. The summed E-state index contributed by atoms with van der Waals surface area (Å²) in [6.45, 7) is 9.62. The minimum absolute atomic E-state index is 0.112. The van der Waals surface area contributed by atoms with Gasteiger partial charge in [-0.2, -0.15) is 0 Å². The van der Waals surface area contributed by atoms with Crippen LogP contribution in [0.3, 0.4) is 0 Å². The molecule has 42 heavy (non-hydrogen) atoms. The summed E-state index contributed by atoms with van der Waals surface area (Å²) < 4.78 is 47.3. The number of hydrogen-bond donors (Lipinski definition) is 1. The number of hydrogen-bond acceptors (Lipinski definition) is 5. The summed E-state index contributed by atoms with van der Waals surface area (Å²) >= 11 is 0. The van der Waals surface area contributed by atoms with Crippen molar-refractivity contribution in [2.75, 3.05) is 25.2 Å². The van der Waals surface area contributed by atoms with Crippen LogP contribution < -0.4 is 14.4 Å². The largest absolute Gasteiger partial charge is 0.497 e. The van der Waals surface area contributed by atoms with Crippen LogP contribution in [-0.4, -0.2) is 42.8 Å². The van der Waals surface area contributed by atoms with E-state index in [1.54, 1.807) is 33.8 Å². The summed E-state index contributed by atoms with van der Waals surface area (Å²) in [6, 6.07) is 7.21. The molecule has 0 aromatic heterocycles. The molecule has 7 nitrogen and oxygen atoms in total. The summed E-state index contributed by atoms with van der Waals surface area (Å²) in [5.41, 5.74) is 3.84. The maximum Gasteiger partial charge on any atom is 0.337 e. The molecule has 0 aliphatic carbocycles. The van der Waals surface area contributed by atoms with E-state index in [0.717, 1.165) is 23.6 Å². The topological polar surface area (TPSA) is 85.3 Å². The van der Waals surface area contributed by atoms with Gasteiger partial charge in [-0.05, 0) is 106 Å². The number of aliphatic carboxylic acids is 1. The summed E-state index contributed by atoms with van der Waals surface area (Å²) in [4.78, 5) is 27.9. The fourth-order valence-electron chi connectivity index (χ4n) is 6.00. The molecule has 5 rings (SSSR count). The molecular weight excluding hydrogens is 544 g/mol. The first-order chi connectivity index (χ1) is 19.8. The van der Waals surface area contributed by atoms with Gasteiger partial charge in [0.15, 0.2) is 17.7 Å². The lowest BCUT2D eigenvalue weighted by atomic mass is 9.83. The first kappa shape index (κ1) is 29.5. The number of halogens is 2. The van der Waals surface area contributed by atoms with E-state index in [4.69, 9.17) is 14.2 Å². The lowest BCUT2D eigenvalue weighted by Crippen LogP contribution is -2.30. The van der Waals surface area contributed by atoms with Gasteiger partial charge in [-0.15, -0.1) is 0 Å². The highest BCUT2D eigenvalue weighted by molar-refractivity contribution is 6.08. The normalized spacial score (nSPS) is 15.1. The van der Waals surface area contributed by atoms with Crippen molar-refractivity contribution >= 4 is 17.6 Å². The molecule has 0 saturated carbocycles. The van der Waals surface area contributed by atoms with E-state index in [2.05, 4.69) is 0 Å². The van der Waals surface area contributed by atoms with Crippen LogP contribution in [0.4, 0.5) is 14.5 Å². The Morgan fingerprint density at radius 1 is 1.05 bits per heavy atom. The molecule has 0 radical (unpaired) electrons. The van der Waals surface area contributed by atoms with Gasteiger partial charge in [0.1, 0.15) is 11.6 Å². The molecule has 1 amide bonds. The maximum absolute atomic E-state index is 15.6. The fraction of sp³-hybridized carbons (Fsp3) is 0.394. The van der Waals surface area contributed by atoms with Gasteiger partial charge < -0.3 is 24.2 Å². The van der Waals surface area contributed by atoms with E-state index in [1.807, 2.05) is 6.92 Å². The van der Waals surface area contributed by atoms with Gasteiger partial charge in [-0.1, -0.05) is 0 Å². The number of carbonyl (C=O) groups is 2. The zero-order valence-electron chi connectivity index (χ0n) is 24.7. The van der Waals surface area contributed by atoms with Crippen LogP contribution in [-0.2, 0) is 22.4 Å². The number of carboxylic acids is 1. The van der Waals surface area contributed by atoms with E-state index in [1.165, 1.54) is 30.2 Å². The van der Waals surface area contributed by atoms with Crippen molar-refractivity contribution in [2.45, 2.75) is 65.6 Å². The minimum Gasteiger partial charge on any atom is -0.497 e. The van der Waals surface area contributed by atoms with Crippen molar-refractivity contribution in [3.05, 3.63) is 75.3 Å². The Bertz CT molecular complexity index is 1590. The van der Waals surface area contributed by atoms with Crippen molar-refractivity contribution in [1.82, 2.24) is 0 Å². The van der Waals surface area contributed by atoms with Gasteiger partial charge in [0.05, 0.1) is 24.9 Å². The fourth-order valence-corrected chi connectivity index (χ4v) is 6.00. The van der Waals surface area contributed by atoms with Gasteiger partial charge >= 0.3 is 5.97 Å². The second-order valence-corrected chi connectivity index (χ2v) is 11.8. The Morgan fingerprint density at radius 2 is 1.79 bits per heavy atom. The predicted octanol–water partition coefficient (Wildman–Crippen LogP) is 6.73. The minimum atomic E-state index is -1.36. The van der Waals surface area contributed by atoms with Crippen molar-refractivity contribution in [1.29, 1.82) is 0 Å². The number of methoxy groups -OCH3 is 1. The number of benzene rings is 3. The van der Waals surface area contributed by atoms with Crippen molar-refractivity contribution < 1.29 is 37.7 Å². The summed E-state index contributed by atoms with van der Waals surface area (Å²) in [6.07, 6.45) is 0.356. The van der Waals surface area contributed by atoms with Crippen LogP contribution in [0.1, 0.15) is 71.5 Å². The Kier molecular flexibility index (Phi) is 7.74. The summed E-state index contributed by atoms with van der Waals surface area (Å²) in [7, 11) is 1.42. The molecule has 2 aliphatic heterocycles. The molecule has 3 aromatic rings. The number of amides is 1. The molecule has 2 aliphatic rings. The SMILES string of the molecule is COc1ccc(C(=O)N2CCc3c2cc(C)c([C@H](OC(C)(C)C)C(=O)O)c3-c2cc(F)c3c(c2C)CCCO3)c(F)c1. The zero-order valence-corrected chi connectivity index (χ0v) is 24.7. The average molecular weight is 580 g/mol. The van der Waals surface area contributed by atoms with E-state index in [9.17, 15) is 19.1 Å². The van der Waals surface area contributed by atoms with Crippen molar-refractivity contribution in [3.63, 3.8) is 0 Å². The molecule has 0 unspecified atom stereocenters. The van der Waals surface area contributed by atoms with Crippen LogP contribution in [0.15, 0.2) is 30.3 Å². The third kappa shape index (κ3) is 5.22. The lowest BCUT2D eigenvalue weighted by Gasteiger charge is -2.30. The van der Waals surface area contributed by atoms with Crippen molar-refractivity contribution in [3.8, 4) is 22.6 Å². The Morgan fingerprint density at radius 3 is 2.43 bits per heavy atom. The van der Waals surface area contributed by atoms with Crippen LogP contribution in [0.5, 0.6) is 11.5 Å². The first-order valence-electron chi connectivity index (χ1n) is 14.0. The highest BCUT2D eigenvalue weighted by atomic mass is 19.1. The van der Waals surface area contributed by atoms with Crippen molar-refractivity contribution in [2.24, 2.45) is 0 Å². The Hall–Kier alpha value is -3.98. The van der Waals surface area contributed by atoms with Crippen LogP contribution in [0, 0.1) is 25.5 Å². The number of aryl methyl sites for hydroxylation is 1. The standard InChI is InChI=1S/C33H35F2NO6/c1-17-14-26-22(11-12-36(26)31(37)21-10-9-19(40-6)15-24(21)34)28(27(17)30(32(38)39)42-33(3,4)5)23-16-25(35)29-20(18(23)2)8-7-13-41-29/h9-10,14-16,30H,7-8,11-13H2,1-6H3,(H,38,39)/t30-/m0/s1. The van der Waals surface area contributed by atoms with Gasteiger partial charge in [0, 0.05) is 29.4 Å². The van der Waals surface area contributed by atoms with Gasteiger partial charge in [0.2, 0.25) is 0 Å². The number of nitrogens with zero attached hydrogens (tertiary/aromatic N) is 1. The molecule has 222 valence electrons. The molecule has 1 atom stereocenters. The molecule has 9 heteroatoms. The zero-order chi connectivity index (χ0) is 30.5. The highest BCUT2D eigenvalue weighted by Gasteiger charge is 2.37. The van der Waals surface area contributed by atoms with E-state index in [-0.39, 0.29) is 17.9 Å². The lowest BCUT2D eigenvalue weighted by molar-refractivity contribution is -0.160. The molecular formula is C33H35F2NO6. The Balaban J connectivity index is 1.76. The van der Waals surface area contributed by atoms with E-state index >= 15 is 4.39 Å². The molecule has 2 heterocycles. The molecule has 0 spiro atoms. The smallest absolute Gasteiger partial charge is 0.337 e. The third-order valence-electron chi connectivity index (χ3n) is 7.85. The molecule has 0 fully saturated rings. The monoisotopic (exact) mass is 579 g/mol. The van der Waals surface area contributed by atoms with Crippen LogP contribution in [0.2, 0.25) is 0 Å². The number of anilines is 1. The Labute approximate surface area is 244 Å². The second-order valence-electron chi connectivity index (χ2n) is 11.8. The first-order valence-corrected chi connectivity index (χ1v) is 14.0. The van der Waals surface area contributed by atoms with Gasteiger partial charge in [0.25, 0.3) is 5.91 Å².